The molecule has 1 aliphatic rings. The zero-order chi connectivity index (χ0) is 15.8. The molecule has 2 atom stereocenters. The fourth-order valence-corrected chi connectivity index (χ4v) is 3.68. The highest BCUT2D eigenvalue weighted by Crippen LogP contribution is 2.47. The Morgan fingerprint density at radius 3 is 2.43 bits per heavy atom. The third-order valence-electron chi connectivity index (χ3n) is 3.95. The van der Waals surface area contributed by atoms with Crippen molar-refractivity contribution in [1.29, 1.82) is 0 Å². The summed E-state index contributed by atoms with van der Waals surface area (Å²) in [6.45, 7) is 1.59. The lowest BCUT2D eigenvalue weighted by Gasteiger charge is -2.38. The molecule has 6 heteroatoms. The van der Waals surface area contributed by atoms with Gasteiger partial charge in [0.1, 0.15) is 5.41 Å². The minimum Gasteiger partial charge on any atom is -0.481 e. The molecule has 0 amide bonds. The molecular weight excluding hydrogens is 404 g/mol. The van der Waals surface area contributed by atoms with Crippen LogP contribution in [0.5, 0.6) is 0 Å². The molecule has 2 unspecified atom stereocenters. The fourth-order valence-electron chi connectivity index (χ4n) is 2.72. The molecule has 4 nitrogen and oxygen atoms in total. The van der Waals surface area contributed by atoms with Crippen molar-refractivity contribution in [2.45, 2.75) is 25.2 Å². The molecule has 112 valence electrons. The van der Waals surface area contributed by atoms with Gasteiger partial charge in [0, 0.05) is 8.95 Å². The molecule has 0 heterocycles. The van der Waals surface area contributed by atoms with Crippen LogP contribution in [-0.4, -0.2) is 22.2 Å². The van der Waals surface area contributed by atoms with E-state index in [0.717, 1.165) is 4.47 Å². The van der Waals surface area contributed by atoms with Crippen LogP contribution in [-0.2, 0) is 15.0 Å². The van der Waals surface area contributed by atoms with E-state index in [1.165, 1.54) is 0 Å². The van der Waals surface area contributed by atoms with Crippen LogP contribution >= 0.6 is 31.9 Å². The highest BCUT2D eigenvalue weighted by atomic mass is 79.9. The van der Waals surface area contributed by atoms with Crippen molar-refractivity contribution < 1.29 is 19.8 Å². The summed E-state index contributed by atoms with van der Waals surface area (Å²) >= 11 is 6.72. The predicted octanol–water partition coefficient (Wildman–Crippen LogP) is 3.97. The van der Waals surface area contributed by atoms with E-state index in [9.17, 15) is 19.8 Å². The summed E-state index contributed by atoms with van der Waals surface area (Å²) in [5.41, 5.74) is -1.91. The molecule has 1 aromatic carbocycles. The van der Waals surface area contributed by atoms with E-state index in [0.29, 0.717) is 16.5 Å². The molecule has 0 saturated carbocycles. The van der Waals surface area contributed by atoms with Gasteiger partial charge in [-0.3, -0.25) is 9.59 Å². The topological polar surface area (TPSA) is 74.6 Å². The Kier molecular flexibility index (Phi) is 4.31. The number of carboxylic acids is 2. The molecule has 0 spiro atoms. The van der Waals surface area contributed by atoms with Crippen LogP contribution in [0.1, 0.15) is 25.3 Å². The molecule has 0 saturated heterocycles. The number of hydrogen-bond acceptors (Lipinski definition) is 2. The second-order valence-electron chi connectivity index (χ2n) is 5.55. The summed E-state index contributed by atoms with van der Waals surface area (Å²) in [5.74, 6) is -2.03. The molecule has 1 aliphatic carbocycles. The smallest absolute Gasteiger partial charge is 0.318 e. The number of carbonyl (C=O) groups is 2. The third kappa shape index (κ3) is 2.79. The number of allylic oxidation sites excluding steroid dienone is 1. The van der Waals surface area contributed by atoms with Crippen LogP contribution < -0.4 is 0 Å². The summed E-state index contributed by atoms with van der Waals surface area (Å²) in [7, 11) is 0. The number of benzene rings is 1. The van der Waals surface area contributed by atoms with Gasteiger partial charge < -0.3 is 10.2 Å². The number of rotatable bonds is 3. The van der Waals surface area contributed by atoms with Crippen LogP contribution in [0.4, 0.5) is 0 Å². The van der Waals surface area contributed by atoms with Crippen molar-refractivity contribution in [3.05, 3.63) is 44.9 Å². The lowest BCUT2D eigenvalue weighted by molar-refractivity contribution is -0.152. The Bertz CT molecular complexity index is 641. The maximum atomic E-state index is 12.0. The van der Waals surface area contributed by atoms with Crippen LogP contribution in [0.3, 0.4) is 0 Å². The molecular formula is C15H14Br2O4. The minimum atomic E-state index is -1.35. The Hall–Kier alpha value is -1.14. The van der Waals surface area contributed by atoms with Crippen LogP contribution in [0, 0.1) is 5.41 Å². The van der Waals surface area contributed by atoms with Gasteiger partial charge in [-0.1, -0.05) is 44.0 Å². The zero-order valence-corrected chi connectivity index (χ0v) is 14.4. The molecule has 2 N–H and O–H groups in total. The standard InChI is InChI=1S/C15H14Br2O4/c1-14(12(18)19)5-2-6-15(8-14,13(20)21)10-7-9(16)3-4-11(10)17/h2-4,6-7H,5,8H2,1H3,(H,18,19)(H,20,21). The highest BCUT2D eigenvalue weighted by molar-refractivity contribution is 9.11. The van der Waals surface area contributed by atoms with E-state index < -0.39 is 22.8 Å². The first kappa shape index (κ1) is 16.2. The fraction of sp³-hybridized carbons (Fsp3) is 0.333. The Morgan fingerprint density at radius 2 is 1.86 bits per heavy atom. The molecule has 0 aliphatic heterocycles. The van der Waals surface area contributed by atoms with Crippen LogP contribution in [0.25, 0.3) is 0 Å². The predicted molar refractivity (Wildman–Crippen MR) is 85.3 cm³/mol. The van der Waals surface area contributed by atoms with Gasteiger partial charge in [-0.2, -0.15) is 0 Å². The van der Waals surface area contributed by atoms with Crippen molar-refractivity contribution in [3.63, 3.8) is 0 Å². The van der Waals surface area contributed by atoms with Gasteiger partial charge in [-0.05, 0) is 43.5 Å². The second-order valence-corrected chi connectivity index (χ2v) is 7.32. The first-order chi connectivity index (χ1) is 9.71. The number of aliphatic carboxylic acids is 2. The average Bonchev–Trinajstić information content (AvgIpc) is 2.41. The Labute approximate surface area is 139 Å². The van der Waals surface area contributed by atoms with Gasteiger partial charge in [0.05, 0.1) is 5.41 Å². The molecule has 2 rings (SSSR count). The number of hydrogen-bond donors (Lipinski definition) is 2. The number of halogens is 2. The molecule has 0 fully saturated rings. The van der Waals surface area contributed by atoms with Crippen molar-refractivity contribution in [3.8, 4) is 0 Å². The summed E-state index contributed by atoms with van der Waals surface area (Å²) < 4.78 is 1.39. The zero-order valence-electron chi connectivity index (χ0n) is 11.3. The van der Waals surface area contributed by atoms with E-state index in [2.05, 4.69) is 31.9 Å². The van der Waals surface area contributed by atoms with Crippen LogP contribution in [0.15, 0.2) is 39.3 Å². The Balaban J connectivity index is 2.65. The lowest BCUT2D eigenvalue weighted by atomic mass is 9.63. The maximum absolute atomic E-state index is 12.0. The SMILES string of the molecule is CC1(C(=O)O)CC=CC(C(=O)O)(c2cc(Br)ccc2Br)C1. The van der Waals surface area contributed by atoms with Crippen molar-refractivity contribution in [2.75, 3.05) is 0 Å². The van der Waals surface area contributed by atoms with Gasteiger partial charge in [0.2, 0.25) is 0 Å². The largest absolute Gasteiger partial charge is 0.481 e. The van der Waals surface area contributed by atoms with Gasteiger partial charge >= 0.3 is 11.9 Å². The summed E-state index contributed by atoms with van der Waals surface area (Å²) in [5, 5.41) is 19.2. The average molecular weight is 418 g/mol. The monoisotopic (exact) mass is 416 g/mol. The van der Waals surface area contributed by atoms with Gasteiger partial charge in [0.25, 0.3) is 0 Å². The molecule has 0 radical (unpaired) electrons. The normalized spacial score (nSPS) is 28.3. The van der Waals surface area contributed by atoms with Crippen molar-refractivity contribution in [2.24, 2.45) is 5.41 Å². The first-order valence-electron chi connectivity index (χ1n) is 6.31. The maximum Gasteiger partial charge on any atom is 0.318 e. The Morgan fingerprint density at radius 1 is 1.19 bits per heavy atom. The third-order valence-corrected chi connectivity index (χ3v) is 5.13. The van der Waals surface area contributed by atoms with Crippen molar-refractivity contribution >= 4 is 43.8 Å². The molecule has 0 bridgehead atoms. The van der Waals surface area contributed by atoms with Gasteiger partial charge in [-0.15, -0.1) is 0 Å². The second kappa shape index (κ2) is 5.57. The van der Waals surface area contributed by atoms with Crippen LogP contribution in [0.2, 0.25) is 0 Å². The highest BCUT2D eigenvalue weighted by Gasteiger charge is 2.50. The first-order valence-corrected chi connectivity index (χ1v) is 7.90. The summed E-state index contributed by atoms with van der Waals surface area (Å²) in [6.07, 6.45) is 3.59. The molecule has 1 aromatic rings. The van der Waals surface area contributed by atoms with E-state index in [4.69, 9.17) is 0 Å². The van der Waals surface area contributed by atoms with E-state index in [1.54, 1.807) is 37.3 Å². The number of carboxylic acid groups (broad SMARTS) is 2. The van der Waals surface area contributed by atoms with Crippen molar-refractivity contribution in [1.82, 2.24) is 0 Å². The van der Waals surface area contributed by atoms with Gasteiger partial charge in [-0.25, -0.2) is 0 Å². The quantitative estimate of drug-likeness (QED) is 0.729. The molecule has 0 aromatic heterocycles. The minimum absolute atomic E-state index is 0.0101. The van der Waals surface area contributed by atoms with Gasteiger partial charge in [0.15, 0.2) is 0 Å². The molecule has 21 heavy (non-hydrogen) atoms. The van der Waals surface area contributed by atoms with E-state index in [1.807, 2.05) is 0 Å². The van der Waals surface area contributed by atoms with E-state index >= 15 is 0 Å². The van der Waals surface area contributed by atoms with E-state index in [-0.39, 0.29) is 6.42 Å². The lowest BCUT2D eigenvalue weighted by Crippen LogP contribution is -2.44. The summed E-state index contributed by atoms with van der Waals surface area (Å²) in [6, 6.07) is 5.27. The summed E-state index contributed by atoms with van der Waals surface area (Å²) in [4.78, 5) is 23.5.